The first kappa shape index (κ1) is 19.0. The van der Waals surface area contributed by atoms with Crippen LogP contribution >= 0.6 is 0 Å². The van der Waals surface area contributed by atoms with E-state index in [9.17, 15) is 4.79 Å². The first-order valence-corrected chi connectivity index (χ1v) is 9.48. The molecule has 2 aromatic carbocycles. The van der Waals surface area contributed by atoms with Gasteiger partial charge >= 0.3 is 0 Å². The van der Waals surface area contributed by atoms with Gasteiger partial charge in [-0.05, 0) is 61.6 Å². The van der Waals surface area contributed by atoms with Gasteiger partial charge in [-0.15, -0.1) is 0 Å². The molecule has 0 fully saturated rings. The molecule has 1 amide bonds. The number of amides is 1. The molecule has 0 radical (unpaired) electrons. The number of carbonyl (C=O) groups is 1. The number of aromatic nitrogens is 1. The molecule has 0 unspecified atom stereocenters. The SMILES string of the molecule is Cc1cccc(Cn2c(C)cc(C)c2C(=O)Nc2ccc(C(C)C)cc2)c1. The van der Waals surface area contributed by atoms with Gasteiger partial charge in [0.25, 0.3) is 5.91 Å². The maximum absolute atomic E-state index is 13.0. The van der Waals surface area contributed by atoms with Crippen molar-refractivity contribution < 1.29 is 4.79 Å². The molecule has 27 heavy (non-hydrogen) atoms. The summed E-state index contributed by atoms with van der Waals surface area (Å²) in [6, 6.07) is 18.6. The lowest BCUT2D eigenvalue weighted by Crippen LogP contribution is -2.19. The zero-order valence-corrected chi connectivity index (χ0v) is 16.8. The standard InChI is InChI=1S/C24H28N2O/c1-16(2)21-9-11-22(12-10-21)25-24(27)23-18(4)14-19(5)26(23)15-20-8-6-7-17(3)13-20/h6-14,16H,15H2,1-5H3,(H,25,27). The third-order valence-corrected chi connectivity index (χ3v) is 4.97. The number of nitrogens with one attached hydrogen (secondary N) is 1. The summed E-state index contributed by atoms with van der Waals surface area (Å²) in [5.74, 6) is 0.414. The van der Waals surface area contributed by atoms with Crippen molar-refractivity contribution in [2.45, 2.75) is 47.1 Å². The van der Waals surface area contributed by atoms with E-state index in [1.165, 1.54) is 16.7 Å². The van der Waals surface area contributed by atoms with Crippen molar-refractivity contribution in [1.82, 2.24) is 4.57 Å². The Labute approximate surface area is 162 Å². The Kier molecular flexibility index (Phi) is 5.50. The highest BCUT2D eigenvalue weighted by Crippen LogP contribution is 2.21. The van der Waals surface area contributed by atoms with Crippen molar-refractivity contribution in [1.29, 1.82) is 0 Å². The molecule has 0 saturated carbocycles. The predicted molar refractivity (Wildman–Crippen MR) is 113 cm³/mol. The van der Waals surface area contributed by atoms with Crippen LogP contribution in [0.1, 0.15) is 58.2 Å². The largest absolute Gasteiger partial charge is 0.336 e. The molecule has 0 atom stereocenters. The van der Waals surface area contributed by atoms with Crippen LogP contribution in [0.25, 0.3) is 0 Å². The summed E-state index contributed by atoms with van der Waals surface area (Å²) in [6.07, 6.45) is 0. The molecule has 3 heteroatoms. The maximum atomic E-state index is 13.0. The summed E-state index contributed by atoms with van der Waals surface area (Å²) < 4.78 is 2.10. The second kappa shape index (κ2) is 7.83. The zero-order valence-electron chi connectivity index (χ0n) is 16.8. The second-order valence-corrected chi connectivity index (χ2v) is 7.62. The Hall–Kier alpha value is -2.81. The lowest BCUT2D eigenvalue weighted by molar-refractivity contribution is 0.101. The van der Waals surface area contributed by atoms with Crippen LogP contribution in [0.4, 0.5) is 5.69 Å². The van der Waals surface area contributed by atoms with E-state index in [1.54, 1.807) is 0 Å². The van der Waals surface area contributed by atoms with Gasteiger partial charge in [0.1, 0.15) is 5.69 Å². The van der Waals surface area contributed by atoms with Gasteiger partial charge in [0.15, 0.2) is 0 Å². The van der Waals surface area contributed by atoms with Crippen molar-refractivity contribution in [3.8, 4) is 0 Å². The molecule has 1 N–H and O–H groups in total. The van der Waals surface area contributed by atoms with Crippen molar-refractivity contribution in [2.75, 3.05) is 5.32 Å². The molecule has 3 rings (SSSR count). The van der Waals surface area contributed by atoms with E-state index in [4.69, 9.17) is 0 Å². The number of hydrogen-bond donors (Lipinski definition) is 1. The summed E-state index contributed by atoms with van der Waals surface area (Å²) in [7, 11) is 0. The lowest BCUT2D eigenvalue weighted by Gasteiger charge is -2.14. The van der Waals surface area contributed by atoms with E-state index in [2.05, 4.69) is 80.0 Å². The van der Waals surface area contributed by atoms with E-state index in [0.717, 1.165) is 22.6 Å². The monoisotopic (exact) mass is 360 g/mol. The van der Waals surface area contributed by atoms with Crippen LogP contribution < -0.4 is 5.32 Å². The quantitative estimate of drug-likeness (QED) is 0.609. The topological polar surface area (TPSA) is 34.0 Å². The van der Waals surface area contributed by atoms with E-state index in [-0.39, 0.29) is 5.91 Å². The van der Waals surface area contributed by atoms with E-state index in [0.29, 0.717) is 12.5 Å². The Morgan fingerprint density at radius 1 is 1.00 bits per heavy atom. The lowest BCUT2D eigenvalue weighted by atomic mass is 10.0. The second-order valence-electron chi connectivity index (χ2n) is 7.62. The van der Waals surface area contributed by atoms with Gasteiger partial charge in [-0.3, -0.25) is 4.79 Å². The van der Waals surface area contributed by atoms with Gasteiger partial charge in [0.05, 0.1) is 0 Å². The molecule has 0 bridgehead atoms. The molecule has 3 aromatic rings. The van der Waals surface area contributed by atoms with E-state index < -0.39 is 0 Å². The molecule has 0 aliphatic rings. The summed E-state index contributed by atoms with van der Waals surface area (Å²) >= 11 is 0. The van der Waals surface area contributed by atoms with Gasteiger partial charge < -0.3 is 9.88 Å². The fourth-order valence-corrected chi connectivity index (χ4v) is 3.49. The Bertz CT molecular complexity index is 949. The summed E-state index contributed by atoms with van der Waals surface area (Å²) in [4.78, 5) is 13.0. The van der Waals surface area contributed by atoms with E-state index in [1.807, 2.05) is 19.1 Å². The molecular formula is C24H28N2O. The molecule has 1 heterocycles. The minimum Gasteiger partial charge on any atom is -0.336 e. The van der Waals surface area contributed by atoms with Crippen LogP contribution in [0.15, 0.2) is 54.6 Å². The van der Waals surface area contributed by atoms with Crippen molar-refractivity contribution in [2.24, 2.45) is 0 Å². The number of hydrogen-bond acceptors (Lipinski definition) is 1. The highest BCUT2D eigenvalue weighted by atomic mass is 16.2. The maximum Gasteiger partial charge on any atom is 0.272 e. The molecule has 0 aliphatic heterocycles. The highest BCUT2D eigenvalue weighted by Gasteiger charge is 2.18. The molecule has 140 valence electrons. The first-order chi connectivity index (χ1) is 12.8. The van der Waals surface area contributed by atoms with Crippen molar-refractivity contribution in [3.63, 3.8) is 0 Å². The van der Waals surface area contributed by atoms with Crippen LogP contribution in [-0.2, 0) is 6.54 Å². The minimum atomic E-state index is -0.0643. The molecule has 0 saturated heterocycles. The fraction of sp³-hybridized carbons (Fsp3) is 0.292. The van der Waals surface area contributed by atoms with Gasteiger partial charge in [-0.2, -0.15) is 0 Å². The van der Waals surface area contributed by atoms with Crippen LogP contribution in [0, 0.1) is 20.8 Å². The number of anilines is 1. The normalized spacial score (nSPS) is 11.0. The van der Waals surface area contributed by atoms with Gasteiger partial charge in [-0.25, -0.2) is 0 Å². The highest BCUT2D eigenvalue weighted by molar-refractivity contribution is 6.04. The molecule has 0 aliphatic carbocycles. The van der Waals surface area contributed by atoms with Gasteiger partial charge in [0.2, 0.25) is 0 Å². The van der Waals surface area contributed by atoms with Gasteiger partial charge in [0, 0.05) is 17.9 Å². The number of rotatable bonds is 5. The number of carbonyl (C=O) groups excluding carboxylic acids is 1. The van der Waals surface area contributed by atoms with Crippen LogP contribution in [0.2, 0.25) is 0 Å². The van der Waals surface area contributed by atoms with Crippen molar-refractivity contribution in [3.05, 3.63) is 88.2 Å². The fourth-order valence-electron chi connectivity index (χ4n) is 3.49. The third-order valence-electron chi connectivity index (χ3n) is 4.97. The molecule has 3 nitrogen and oxygen atoms in total. The minimum absolute atomic E-state index is 0.0643. The smallest absolute Gasteiger partial charge is 0.272 e. The molecular weight excluding hydrogens is 332 g/mol. The van der Waals surface area contributed by atoms with Crippen LogP contribution in [0.5, 0.6) is 0 Å². The number of aryl methyl sites for hydroxylation is 3. The third kappa shape index (κ3) is 4.30. The predicted octanol–water partition coefficient (Wildman–Crippen LogP) is 5.84. The molecule has 1 aromatic heterocycles. The average Bonchev–Trinajstić information content (AvgIpc) is 2.89. The summed E-state index contributed by atoms with van der Waals surface area (Å²) in [5, 5.41) is 3.06. The van der Waals surface area contributed by atoms with Gasteiger partial charge in [-0.1, -0.05) is 55.8 Å². The first-order valence-electron chi connectivity index (χ1n) is 9.48. The van der Waals surface area contributed by atoms with E-state index >= 15 is 0 Å². The summed E-state index contributed by atoms with van der Waals surface area (Å²) in [6.45, 7) is 11.2. The average molecular weight is 361 g/mol. The Balaban J connectivity index is 1.86. The molecule has 0 spiro atoms. The summed E-state index contributed by atoms with van der Waals surface area (Å²) in [5.41, 5.74) is 7.33. The van der Waals surface area contributed by atoms with Crippen LogP contribution in [0.3, 0.4) is 0 Å². The zero-order chi connectivity index (χ0) is 19.6. The number of nitrogens with zero attached hydrogens (tertiary/aromatic N) is 1. The Morgan fingerprint density at radius 3 is 2.33 bits per heavy atom. The Morgan fingerprint density at radius 2 is 1.70 bits per heavy atom. The number of benzene rings is 2. The van der Waals surface area contributed by atoms with Crippen molar-refractivity contribution >= 4 is 11.6 Å². The van der Waals surface area contributed by atoms with Crippen LogP contribution in [-0.4, -0.2) is 10.5 Å².